The molecule has 0 amide bonds. The van der Waals surface area contributed by atoms with Crippen molar-refractivity contribution >= 4 is 17.6 Å². The van der Waals surface area contributed by atoms with Crippen LogP contribution >= 0.6 is 11.6 Å². The Kier molecular flexibility index (Phi) is 7.17. The summed E-state index contributed by atoms with van der Waals surface area (Å²) in [5.41, 5.74) is 1.52. The van der Waals surface area contributed by atoms with Gasteiger partial charge in [0, 0.05) is 10.6 Å². The molecule has 0 heterocycles. The fourth-order valence-electron chi connectivity index (χ4n) is 3.22. The van der Waals surface area contributed by atoms with E-state index in [9.17, 15) is 4.79 Å². The highest BCUT2D eigenvalue weighted by molar-refractivity contribution is 6.30. The molecule has 0 unspecified atom stereocenters. The summed E-state index contributed by atoms with van der Waals surface area (Å²) in [6.45, 7) is 3.94. The second-order valence-corrected chi connectivity index (χ2v) is 7.68. The van der Waals surface area contributed by atoms with Crippen LogP contribution in [0.4, 0.5) is 0 Å². The van der Waals surface area contributed by atoms with E-state index in [1.54, 1.807) is 18.2 Å². The lowest BCUT2D eigenvalue weighted by Crippen LogP contribution is -2.22. The number of terminal acetylenes is 1. The lowest BCUT2D eigenvalue weighted by molar-refractivity contribution is -0.149. The maximum Gasteiger partial charge on any atom is 0.315 e. The first-order chi connectivity index (χ1) is 14.5. The average molecular weight is 419 g/mol. The zero-order valence-corrected chi connectivity index (χ0v) is 17.7. The first-order valence-corrected chi connectivity index (χ1v) is 10.1. The smallest absolute Gasteiger partial charge is 0.315 e. The number of hydrogen-bond acceptors (Lipinski definition) is 3. The molecule has 152 valence electrons. The lowest BCUT2D eigenvalue weighted by Gasteiger charge is -2.22. The predicted octanol–water partition coefficient (Wildman–Crippen LogP) is 6.79. The summed E-state index contributed by atoms with van der Waals surface area (Å²) >= 11 is 5.98. The van der Waals surface area contributed by atoms with Crippen LogP contribution in [-0.4, -0.2) is 5.97 Å². The minimum Gasteiger partial charge on any atom is -0.457 e. The van der Waals surface area contributed by atoms with Gasteiger partial charge in [0.2, 0.25) is 0 Å². The number of benzene rings is 3. The Bertz CT molecular complexity index is 1020. The summed E-state index contributed by atoms with van der Waals surface area (Å²) in [6.07, 6.45) is 4.89. The number of hydrogen-bond donors (Lipinski definition) is 0. The Morgan fingerprint density at radius 3 is 2.20 bits per heavy atom. The van der Waals surface area contributed by atoms with Gasteiger partial charge in [0.05, 0.1) is 5.92 Å². The van der Waals surface area contributed by atoms with Gasteiger partial charge in [-0.15, -0.1) is 6.42 Å². The van der Waals surface area contributed by atoms with Gasteiger partial charge in [0.1, 0.15) is 11.5 Å². The van der Waals surface area contributed by atoms with Crippen LogP contribution in [-0.2, 0) is 9.53 Å². The van der Waals surface area contributed by atoms with Crippen molar-refractivity contribution in [1.29, 1.82) is 0 Å². The first kappa shape index (κ1) is 21.5. The molecule has 0 saturated carbocycles. The van der Waals surface area contributed by atoms with Crippen LogP contribution in [0.25, 0.3) is 0 Å². The molecule has 0 aliphatic rings. The average Bonchev–Trinajstić information content (AvgIpc) is 2.74. The quantitative estimate of drug-likeness (QED) is 0.313. The second-order valence-electron chi connectivity index (χ2n) is 7.24. The van der Waals surface area contributed by atoms with Gasteiger partial charge in [-0.3, -0.25) is 4.79 Å². The topological polar surface area (TPSA) is 35.5 Å². The van der Waals surface area contributed by atoms with Crippen molar-refractivity contribution in [1.82, 2.24) is 0 Å². The van der Waals surface area contributed by atoms with Crippen molar-refractivity contribution in [2.75, 3.05) is 0 Å². The zero-order chi connectivity index (χ0) is 21.5. The number of carbonyl (C=O) groups is 1. The summed E-state index contributed by atoms with van der Waals surface area (Å²) in [5.74, 6) is 3.13. The molecular weight excluding hydrogens is 396 g/mol. The van der Waals surface area contributed by atoms with Crippen molar-refractivity contribution in [3.8, 4) is 23.8 Å². The van der Waals surface area contributed by atoms with E-state index in [-0.39, 0.29) is 11.9 Å². The summed E-state index contributed by atoms with van der Waals surface area (Å²) in [6, 6.07) is 23.9. The van der Waals surface area contributed by atoms with Crippen LogP contribution in [0.5, 0.6) is 11.5 Å². The summed E-state index contributed by atoms with van der Waals surface area (Å²) in [4.78, 5) is 13.0. The van der Waals surface area contributed by atoms with E-state index in [1.165, 1.54) is 0 Å². The number of ether oxygens (including phenoxy) is 2. The van der Waals surface area contributed by atoms with Gasteiger partial charge in [0.25, 0.3) is 0 Å². The molecule has 0 fully saturated rings. The molecule has 3 rings (SSSR count). The van der Waals surface area contributed by atoms with Crippen molar-refractivity contribution in [3.63, 3.8) is 0 Å². The molecule has 0 aliphatic carbocycles. The minimum atomic E-state index is -0.814. The normalized spacial score (nSPS) is 12.6. The molecule has 3 aromatic carbocycles. The van der Waals surface area contributed by atoms with E-state index in [2.05, 4.69) is 5.92 Å². The largest absolute Gasteiger partial charge is 0.457 e. The molecule has 0 radical (unpaired) electrons. The predicted molar refractivity (Wildman–Crippen MR) is 120 cm³/mol. The Morgan fingerprint density at radius 2 is 1.57 bits per heavy atom. The molecular formula is C26H23ClO3. The van der Waals surface area contributed by atoms with Gasteiger partial charge in [-0.05, 0) is 47.9 Å². The molecule has 3 aromatic rings. The highest BCUT2D eigenvalue weighted by atomic mass is 35.5. The lowest BCUT2D eigenvalue weighted by atomic mass is 9.88. The Balaban J connectivity index is 1.78. The van der Waals surface area contributed by atoms with Crippen LogP contribution < -0.4 is 4.74 Å². The van der Waals surface area contributed by atoms with Crippen molar-refractivity contribution in [3.05, 3.63) is 95.0 Å². The minimum absolute atomic E-state index is 0.0323. The van der Waals surface area contributed by atoms with Crippen LogP contribution in [0.1, 0.15) is 37.0 Å². The third-order valence-corrected chi connectivity index (χ3v) is 4.93. The molecule has 30 heavy (non-hydrogen) atoms. The number of esters is 1. The Hall–Kier alpha value is -3.22. The first-order valence-electron chi connectivity index (χ1n) is 9.73. The second kappa shape index (κ2) is 10.0. The van der Waals surface area contributed by atoms with Crippen LogP contribution in [0, 0.1) is 18.3 Å². The fraction of sp³-hybridized carbons (Fsp3) is 0.192. The van der Waals surface area contributed by atoms with Gasteiger partial charge >= 0.3 is 5.97 Å². The van der Waals surface area contributed by atoms with E-state index in [0.717, 1.165) is 5.56 Å². The number of rotatable bonds is 7. The van der Waals surface area contributed by atoms with E-state index in [1.807, 2.05) is 74.5 Å². The fourth-order valence-corrected chi connectivity index (χ4v) is 3.34. The van der Waals surface area contributed by atoms with Crippen LogP contribution in [0.15, 0.2) is 78.9 Å². The van der Waals surface area contributed by atoms with Gasteiger partial charge in [-0.1, -0.05) is 73.8 Å². The maximum atomic E-state index is 13.0. The van der Waals surface area contributed by atoms with Gasteiger partial charge in [-0.25, -0.2) is 0 Å². The highest BCUT2D eigenvalue weighted by Crippen LogP contribution is 2.31. The molecule has 0 N–H and O–H groups in total. The monoisotopic (exact) mass is 418 g/mol. The molecule has 0 spiro atoms. The molecule has 3 nitrogen and oxygen atoms in total. The molecule has 0 aliphatic heterocycles. The van der Waals surface area contributed by atoms with Crippen LogP contribution in [0.2, 0.25) is 5.02 Å². The third kappa shape index (κ3) is 5.43. The molecule has 0 saturated heterocycles. The zero-order valence-electron chi connectivity index (χ0n) is 16.9. The summed E-state index contributed by atoms with van der Waals surface area (Å²) < 4.78 is 11.6. The van der Waals surface area contributed by atoms with Crippen molar-refractivity contribution in [2.24, 2.45) is 5.92 Å². The number of halogens is 1. The Morgan fingerprint density at radius 1 is 0.900 bits per heavy atom. The van der Waals surface area contributed by atoms with E-state index < -0.39 is 12.0 Å². The standard InChI is InChI=1S/C26H23ClO3/c1-4-24(20-9-8-12-23(17-20)29-22-10-6-5-7-11-22)30-26(28)25(18(2)3)19-13-15-21(27)16-14-19/h1,5-18,24-25H,2-3H3/t24-,25-/m0/s1. The highest BCUT2D eigenvalue weighted by Gasteiger charge is 2.28. The number of carbonyl (C=O) groups excluding carboxylic acids is 1. The molecule has 0 bridgehead atoms. The molecule has 4 heteroatoms. The summed E-state index contributed by atoms with van der Waals surface area (Å²) in [5, 5.41) is 0.617. The van der Waals surface area contributed by atoms with E-state index >= 15 is 0 Å². The van der Waals surface area contributed by atoms with Gasteiger partial charge < -0.3 is 9.47 Å². The van der Waals surface area contributed by atoms with Crippen LogP contribution in [0.3, 0.4) is 0 Å². The Labute approximate surface area is 182 Å². The van der Waals surface area contributed by atoms with Gasteiger partial charge in [-0.2, -0.15) is 0 Å². The molecule has 0 aromatic heterocycles. The van der Waals surface area contributed by atoms with Crippen molar-refractivity contribution < 1.29 is 14.3 Å². The number of para-hydroxylation sites is 1. The van der Waals surface area contributed by atoms with Crippen molar-refractivity contribution in [2.45, 2.75) is 25.9 Å². The van der Waals surface area contributed by atoms with Gasteiger partial charge in [0.15, 0.2) is 6.10 Å². The summed E-state index contributed by atoms with van der Waals surface area (Å²) in [7, 11) is 0. The molecule has 2 atom stereocenters. The van der Waals surface area contributed by atoms with E-state index in [4.69, 9.17) is 27.5 Å². The maximum absolute atomic E-state index is 13.0. The third-order valence-electron chi connectivity index (χ3n) is 4.67. The SMILES string of the molecule is C#C[C@H](OC(=O)[C@H](c1ccc(Cl)cc1)C(C)C)c1cccc(Oc2ccccc2)c1. The van der Waals surface area contributed by atoms with E-state index in [0.29, 0.717) is 22.1 Å².